The number of para-hydroxylation sites is 1. The molecule has 0 bridgehead atoms. The molecule has 6 heteroatoms. The van der Waals surface area contributed by atoms with Crippen molar-refractivity contribution in [3.63, 3.8) is 0 Å². The summed E-state index contributed by atoms with van der Waals surface area (Å²) in [7, 11) is 0. The maximum absolute atomic E-state index is 12.9. The molecule has 0 saturated heterocycles. The van der Waals surface area contributed by atoms with Crippen molar-refractivity contribution in [2.45, 2.75) is 20.4 Å². The molecule has 0 spiro atoms. The van der Waals surface area contributed by atoms with Gasteiger partial charge in [-0.1, -0.05) is 30.3 Å². The van der Waals surface area contributed by atoms with Gasteiger partial charge >= 0.3 is 0 Å². The average Bonchev–Trinajstić information content (AvgIpc) is 2.95. The fraction of sp³-hybridized carbons (Fsp3) is 0.150. The number of nitrogens with one attached hydrogen (secondary N) is 1. The minimum Gasteiger partial charge on any atom is -0.345 e. The Bertz CT molecular complexity index is 947. The fourth-order valence-electron chi connectivity index (χ4n) is 2.77. The highest BCUT2D eigenvalue weighted by Crippen LogP contribution is 2.18. The van der Waals surface area contributed by atoms with E-state index in [-0.39, 0.29) is 12.4 Å². The van der Waals surface area contributed by atoms with Crippen molar-refractivity contribution in [1.82, 2.24) is 15.1 Å². The molecule has 0 fully saturated rings. The number of rotatable bonds is 5. The van der Waals surface area contributed by atoms with Gasteiger partial charge in [0, 0.05) is 6.54 Å². The lowest BCUT2D eigenvalue weighted by atomic mass is 10.1. The van der Waals surface area contributed by atoms with E-state index >= 15 is 0 Å². The Labute approximate surface area is 150 Å². The van der Waals surface area contributed by atoms with E-state index in [4.69, 9.17) is 0 Å². The van der Waals surface area contributed by atoms with Crippen molar-refractivity contribution in [2.75, 3.05) is 0 Å². The number of Topliss-reactive ketones (excluding diaryl/α,β-unsaturated/α-hetero) is 1. The van der Waals surface area contributed by atoms with Crippen LogP contribution in [-0.4, -0.2) is 21.5 Å². The molecule has 0 aliphatic carbocycles. The molecule has 0 radical (unpaired) electrons. The van der Waals surface area contributed by atoms with Gasteiger partial charge in [-0.3, -0.25) is 9.59 Å². The number of aryl methyl sites for hydroxylation is 1. The van der Waals surface area contributed by atoms with Crippen LogP contribution >= 0.6 is 0 Å². The molecular formula is C20H18FN3O2. The molecule has 2 aromatic carbocycles. The highest BCUT2D eigenvalue weighted by atomic mass is 19.1. The van der Waals surface area contributed by atoms with Gasteiger partial charge in [0.15, 0.2) is 0 Å². The number of aromatic nitrogens is 2. The van der Waals surface area contributed by atoms with Crippen LogP contribution in [0.3, 0.4) is 0 Å². The van der Waals surface area contributed by atoms with Crippen molar-refractivity contribution in [1.29, 1.82) is 0 Å². The first-order valence-corrected chi connectivity index (χ1v) is 8.16. The predicted octanol–water partition coefficient (Wildman–Crippen LogP) is 3.13. The average molecular weight is 351 g/mol. The first-order valence-electron chi connectivity index (χ1n) is 8.16. The van der Waals surface area contributed by atoms with Gasteiger partial charge < -0.3 is 5.32 Å². The summed E-state index contributed by atoms with van der Waals surface area (Å²) < 4.78 is 14.6. The van der Waals surface area contributed by atoms with E-state index in [1.807, 2.05) is 30.3 Å². The largest absolute Gasteiger partial charge is 0.345 e. The quantitative estimate of drug-likeness (QED) is 0.567. The van der Waals surface area contributed by atoms with E-state index in [1.165, 1.54) is 12.1 Å². The second kappa shape index (κ2) is 7.31. The number of carbonyl (C=O) groups is 2. The Kier molecular flexibility index (Phi) is 4.93. The molecule has 0 atom stereocenters. The molecule has 1 aromatic heterocycles. The van der Waals surface area contributed by atoms with E-state index < -0.39 is 11.7 Å². The lowest BCUT2D eigenvalue weighted by Gasteiger charge is -2.06. The minimum atomic E-state index is -0.715. The van der Waals surface area contributed by atoms with Crippen LogP contribution in [-0.2, 0) is 11.3 Å². The van der Waals surface area contributed by atoms with Gasteiger partial charge in [-0.15, -0.1) is 0 Å². The van der Waals surface area contributed by atoms with Crippen LogP contribution in [0.15, 0.2) is 54.6 Å². The summed E-state index contributed by atoms with van der Waals surface area (Å²) in [6.07, 6.45) is 0. The molecule has 1 amide bonds. The van der Waals surface area contributed by atoms with Crippen LogP contribution in [0.1, 0.15) is 27.3 Å². The Morgan fingerprint density at radius 1 is 1.04 bits per heavy atom. The first-order chi connectivity index (χ1) is 12.5. The highest BCUT2D eigenvalue weighted by Gasteiger charge is 2.24. The summed E-state index contributed by atoms with van der Waals surface area (Å²) in [5.41, 5.74) is 2.93. The van der Waals surface area contributed by atoms with Crippen molar-refractivity contribution < 1.29 is 14.0 Å². The number of amides is 1. The lowest BCUT2D eigenvalue weighted by Crippen LogP contribution is -2.31. The van der Waals surface area contributed by atoms with Crippen molar-refractivity contribution in [3.8, 4) is 5.69 Å². The maximum atomic E-state index is 12.9. The van der Waals surface area contributed by atoms with Gasteiger partial charge in [0.25, 0.3) is 11.7 Å². The van der Waals surface area contributed by atoms with Gasteiger partial charge in [0.2, 0.25) is 0 Å². The van der Waals surface area contributed by atoms with E-state index in [9.17, 15) is 14.0 Å². The lowest BCUT2D eigenvalue weighted by molar-refractivity contribution is -0.117. The third-order valence-electron chi connectivity index (χ3n) is 4.09. The summed E-state index contributed by atoms with van der Waals surface area (Å²) in [6.45, 7) is 3.61. The van der Waals surface area contributed by atoms with E-state index in [1.54, 1.807) is 30.7 Å². The van der Waals surface area contributed by atoms with E-state index in [2.05, 4.69) is 10.4 Å². The van der Waals surface area contributed by atoms with Crippen molar-refractivity contribution in [2.24, 2.45) is 0 Å². The SMILES string of the molecule is Cc1nn(-c2ccccc2)c(C)c1C(=O)C(=O)NCc1ccc(F)cc1. The number of ketones is 1. The Morgan fingerprint density at radius 3 is 2.35 bits per heavy atom. The zero-order chi connectivity index (χ0) is 18.7. The number of hydrogen-bond donors (Lipinski definition) is 1. The molecule has 0 unspecified atom stereocenters. The standard InChI is InChI=1S/C20H18FN3O2/c1-13-18(14(2)24(23-13)17-6-4-3-5-7-17)19(25)20(26)22-12-15-8-10-16(21)11-9-15/h3-11H,12H2,1-2H3,(H,22,26). The van der Waals surface area contributed by atoms with E-state index in [0.717, 1.165) is 5.69 Å². The Hall–Kier alpha value is -3.28. The van der Waals surface area contributed by atoms with Gasteiger partial charge in [0.1, 0.15) is 5.82 Å². The molecule has 5 nitrogen and oxygen atoms in total. The van der Waals surface area contributed by atoms with Crippen LogP contribution in [0.5, 0.6) is 0 Å². The normalized spacial score (nSPS) is 10.6. The number of hydrogen-bond acceptors (Lipinski definition) is 3. The molecule has 0 aliphatic rings. The second-order valence-corrected chi connectivity index (χ2v) is 5.93. The predicted molar refractivity (Wildman–Crippen MR) is 95.6 cm³/mol. The maximum Gasteiger partial charge on any atom is 0.292 e. The van der Waals surface area contributed by atoms with Crippen molar-refractivity contribution in [3.05, 3.63) is 82.9 Å². The molecule has 132 valence electrons. The van der Waals surface area contributed by atoms with E-state index in [0.29, 0.717) is 22.5 Å². The summed E-state index contributed by atoms with van der Waals surface area (Å²) >= 11 is 0. The Morgan fingerprint density at radius 2 is 1.69 bits per heavy atom. The minimum absolute atomic E-state index is 0.149. The highest BCUT2D eigenvalue weighted by molar-refractivity contribution is 6.43. The summed E-state index contributed by atoms with van der Waals surface area (Å²) in [6, 6.07) is 15.1. The smallest absolute Gasteiger partial charge is 0.292 e. The van der Waals surface area contributed by atoms with Crippen molar-refractivity contribution >= 4 is 11.7 Å². The van der Waals surface area contributed by atoms with Crippen LogP contribution in [0.25, 0.3) is 5.69 Å². The molecule has 3 aromatic rings. The number of halogens is 1. The van der Waals surface area contributed by atoms with Crippen LogP contribution in [0, 0.1) is 19.7 Å². The van der Waals surface area contributed by atoms with Gasteiger partial charge in [0.05, 0.1) is 22.6 Å². The fourth-order valence-corrected chi connectivity index (χ4v) is 2.77. The summed E-state index contributed by atoms with van der Waals surface area (Å²) in [5.74, 6) is -1.70. The van der Waals surface area contributed by atoms with Crippen LogP contribution in [0.4, 0.5) is 4.39 Å². The summed E-state index contributed by atoms with van der Waals surface area (Å²) in [5, 5.41) is 6.96. The zero-order valence-electron chi connectivity index (χ0n) is 14.5. The topological polar surface area (TPSA) is 64.0 Å². The first kappa shape index (κ1) is 17.5. The van der Waals surface area contributed by atoms with Crippen LogP contribution in [0.2, 0.25) is 0 Å². The molecule has 1 N–H and O–H groups in total. The number of nitrogens with zero attached hydrogens (tertiary/aromatic N) is 2. The van der Waals surface area contributed by atoms with Crippen LogP contribution < -0.4 is 5.32 Å². The Balaban J connectivity index is 1.78. The number of benzene rings is 2. The molecule has 0 saturated carbocycles. The second-order valence-electron chi connectivity index (χ2n) is 5.93. The third kappa shape index (κ3) is 3.54. The molecule has 0 aliphatic heterocycles. The number of carbonyl (C=O) groups excluding carboxylic acids is 2. The van der Waals surface area contributed by atoms with Gasteiger partial charge in [-0.25, -0.2) is 9.07 Å². The molecule has 1 heterocycles. The third-order valence-corrected chi connectivity index (χ3v) is 4.09. The monoisotopic (exact) mass is 351 g/mol. The zero-order valence-corrected chi connectivity index (χ0v) is 14.5. The van der Waals surface area contributed by atoms with Gasteiger partial charge in [-0.05, 0) is 43.7 Å². The van der Waals surface area contributed by atoms with Gasteiger partial charge in [-0.2, -0.15) is 5.10 Å². The molecule has 26 heavy (non-hydrogen) atoms. The molecule has 3 rings (SSSR count). The molecular weight excluding hydrogens is 333 g/mol. The summed E-state index contributed by atoms with van der Waals surface area (Å²) in [4.78, 5) is 24.8.